The molecule has 0 aliphatic carbocycles. The zero-order valence-electron chi connectivity index (χ0n) is 16.9. The summed E-state index contributed by atoms with van der Waals surface area (Å²) < 4.78 is 31.1. The Labute approximate surface area is 185 Å². The molecule has 0 aromatic heterocycles. The summed E-state index contributed by atoms with van der Waals surface area (Å²) in [6.07, 6.45) is -5.70. The minimum Gasteiger partial charge on any atom is -0.488 e. The first-order valence-corrected chi connectivity index (χ1v) is 10.7. The predicted molar refractivity (Wildman–Crippen MR) is 112 cm³/mol. The zero-order valence-corrected chi connectivity index (χ0v) is 17.6. The molecule has 2 saturated heterocycles. The highest BCUT2D eigenvalue weighted by Crippen LogP contribution is 2.35. The Bertz CT molecular complexity index is 871. The number of benzene rings is 2. The largest absolute Gasteiger partial charge is 0.488 e. The molecule has 31 heavy (non-hydrogen) atoms. The molecule has 168 valence electrons. The first-order valence-electron chi connectivity index (χ1n) is 10.3. The molecular formula is C23H26ClFO6. The van der Waals surface area contributed by atoms with Crippen molar-refractivity contribution >= 4 is 11.6 Å². The van der Waals surface area contributed by atoms with E-state index in [0.29, 0.717) is 23.6 Å². The lowest BCUT2D eigenvalue weighted by molar-refractivity contribution is -0.214. The van der Waals surface area contributed by atoms with E-state index in [1.807, 2.05) is 24.3 Å². The Morgan fingerprint density at radius 1 is 1.10 bits per heavy atom. The second-order valence-corrected chi connectivity index (χ2v) is 8.39. The van der Waals surface area contributed by atoms with Crippen LogP contribution in [0.15, 0.2) is 42.5 Å². The van der Waals surface area contributed by atoms with Crippen molar-refractivity contribution in [3.63, 3.8) is 0 Å². The molecule has 8 heteroatoms. The van der Waals surface area contributed by atoms with Crippen LogP contribution in [0.2, 0.25) is 5.02 Å². The molecule has 3 N–H and O–H groups in total. The topological polar surface area (TPSA) is 88.4 Å². The van der Waals surface area contributed by atoms with Gasteiger partial charge in [-0.05, 0) is 41.3 Å². The molecule has 0 amide bonds. The summed E-state index contributed by atoms with van der Waals surface area (Å²) >= 11 is 6.38. The molecule has 6 atom stereocenters. The van der Waals surface area contributed by atoms with E-state index in [1.54, 1.807) is 18.2 Å². The molecule has 2 aromatic carbocycles. The van der Waals surface area contributed by atoms with Crippen LogP contribution in [-0.2, 0) is 15.9 Å². The summed E-state index contributed by atoms with van der Waals surface area (Å²) in [4.78, 5) is 0. The lowest BCUT2D eigenvalue weighted by Crippen LogP contribution is -2.53. The lowest BCUT2D eigenvalue weighted by Gasteiger charge is -2.39. The number of alkyl halides is 1. The summed E-state index contributed by atoms with van der Waals surface area (Å²) in [6.45, 7) is 0.776. The van der Waals surface area contributed by atoms with Gasteiger partial charge in [0.25, 0.3) is 0 Å². The van der Waals surface area contributed by atoms with E-state index in [1.165, 1.54) is 0 Å². The minimum atomic E-state index is -1.92. The van der Waals surface area contributed by atoms with E-state index >= 15 is 0 Å². The van der Waals surface area contributed by atoms with Gasteiger partial charge in [0.15, 0.2) is 6.17 Å². The van der Waals surface area contributed by atoms with Gasteiger partial charge >= 0.3 is 0 Å². The molecule has 2 aromatic rings. The van der Waals surface area contributed by atoms with Crippen molar-refractivity contribution < 1.29 is 33.9 Å². The summed E-state index contributed by atoms with van der Waals surface area (Å²) in [5.41, 5.74) is 2.32. The summed E-state index contributed by atoms with van der Waals surface area (Å²) in [6, 6.07) is 12.8. The maximum Gasteiger partial charge on any atom is 0.157 e. The molecule has 2 fully saturated rings. The smallest absolute Gasteiger partial charge is 0.157 e. The predicted octanol–water partition coefficient (Wildman–Crippen LogP) is 2.59. The number of rotatable bonds is 6. The fourth-order valence-electron chi connectivity index (χ4n) is 3.96. The van der Waals surface area contributed by atoms with Gasteiger partial charge in [-0.25, -0.2) is 4.39 Å². The Morgan fingerprint density at radius 3 is 2.55 bits per heavy atom. The van der Waals surface area contributed by atoms with E-state index in [0.717, 1.165) is 29.9 Å². The highest BCUT2D eigenvalue weighted by Gasteiger charge is 2.45. The summed E-state index contributed by atoms with van der Waals surface area (Å²) in [5, 5.41) is 30.0. The van der Waals surface area contributed by atoms with Crippen LogP contribution >= 0.6 is 11.6 Å². The van der Waals surface area contributed by atoms with Gasteiger partial charge in [0, 0.05) is 11.4 Å². The fraction of sp³-hybridized carbons (Fsp3) is 0.478. The minimum absolute atomic E-state index is 0.0829. The highest BCUT2D eigenvalue weighted by atomic mass is 35.5. The van der Waals surface area contributed by atoms with Crippen molar-refractivity contribution in [1.82, 2.24) is 0 Å². The monoisotopic (exact) mass is 452 g/mol. The third kappa shape index (κ3) is 5.03. The van der Waals surface area contributed by atoms with Crippen LogP contribution in [0.5, 0.6) is 5.75 Å². The van der Waals surface area contributed by atoms with Crippen LogP contribution < -0.4 is 4.74 Å². The molecule has 2 aliphatic rings. The average molecular weight is 453 g/mol. The molecule has 4 rings (SSSR count). The second-order valence-electron chi connectivity index (χ2n) is 7.98. The Morgan fingerprint density at radius 2 is 1.87 bits per heavy atom. The van der Waals surface area contributed by atoms with Gasteiger partial charge in [0.05, 0.1) is 19.8 Å². The van der Waals surface area contributed by atoms with Gasteiger partial charge in [-0.2, -0.15) is 0 Å². The SMILES string of the molecule is OC[C@H]1O[C@@H](c2ccc(Cl)c(Cc3ccc(O[C@H]4CCOC4)cc3)c2)[C@@H](O)[C@@H](F)[C@H]1O. The number of halogens is 2. The molecule has 2 heterocycles. The van der Waals surface area contributed by atoms with Crippen LogP contribution in [0.4, 0.5) is 4.39 Å². The summed E-state index contributed by atoms with van der Waals surface area (Å²) in [5.74, 6) is 0.778. The number of ether oxygens (including phenoxy) is 3. The molecular weight excluding hydrogens is 427 g/mol. The molecule has 0 saturated carbocycles. The van der Waals surface area contributed by atoms with Crippen molar-refractivity contribution in [2.24, 2.45) is 0 Å². The number of aliphatic hydroxyl groups is 3. The first-order chi connectivity index (χ1) is 15.0. The van der Waals surface area contributed by atoms with E-state index in [2.05, 4.69) is 0 Å². The van der Waals surface area contributed by atoms with Crippen molar-refractivity contribution in [1.29, 1.82) is 0 Å². The standard InChI is InChI=1S/C23H26ClFO6/c24-18-6-3-14(23-22(28)20(25)21(27)19(11-26)31-23)10-15(18)9-13-1-4-16(5-2-13)30-17-7-8-29-12-17/h1-6,10,17,19-23,26-28H,7-9,11-12H2/t17-,19+,20-,21-,22-,23-/m0/s1. The Balaban J connectivity index is 1.49. The number of aliphatic hydroxyl groups excluding tert-OH is 3. The van der Waals surface area contributed by atoms with E-state index in [4.69, 9.17) is 25.8 Å². The zero-order chi connectivity index (χ0) is 22.0. The lowest BCUT2D eigenvalue weighted by atomic mass is 9.91. The van der Waals surface area contributed by atoms with E-state index in [9.17, 15) is 19.7 Å². The first kappa shape index (κ1) is 22.5. The molecule has 6 nitrogen and oxygen atoms in total. The summed E-state index contributed by atoms with van der Waals surface area (Å²) in [7, 11) is 0. The van der Waals surface area contributed by atoms with Crippen LogP contribution in [-0.4, -0.2) is 65.7 Å². The third-order valence-corrected chi connectivity index (χ3v) is 6.12. The van der Waals surface area contributed by atoms with Crippen molar-refractivity contribution in [2.45, 2.75) is 49.5 Å². The van der Waals surface area contributed by atoms with Crippen LogP contribution in [0.1, 0.15) is 29.2 Å². The van der Waals surface area contributed by atoms with Crippen molar-refractivity contribution in [2.75, 3.05) is 19.8 Å². The van der Waals surface area contributed by atoms with Crippen molar-refractivity contribution in [3.8, 4) is 5.75 Å². The quantitative estimate of drug-likeness (QED) is 0.624. The normalized spacial score (nSPS) is 31.0. The van der Waals surface area contributed by atoms with Crippen LogP contribution in [0.3, 0.4) is 0 Å². The maximum atomic E-state index is 14.3. The van der Waals surface area contributed by atoms with E-state index < -0.39 is 37.2 Å². The molecule has 0 unspecified atom stereocenters. The average Bonchev–Trinajstić information content (AvgIpc) is 3.28. The third-order valence-electron chi connectivity index (χ3n) is 5.75. The van der Waals surface area contributed by atoms with Gasteiger partial charge in [-0.3, -0.25) is 0 Å². The molecule has 0 spiro atoms. The van der Waals surface area contributed by atoms with Crippen LogP contribution in [0.25, 0.3) is 0 Å². The van der Waals surface area contributed by atoms with E-state index in [-0.39, 0.29) is 6.10 Å². The highest BCUT2D eigenvalue weighted by molar-refractivity contribution is 6.31. The molecule has 0 radical (unpaired) electrons. The molecule has 2 aliphatic heterocycles. The second kappa shape index (κ2) is 9.81. The Kier molecular flexibility index (Phi) is 7.11. The Hall–Kier alpha value is -1.74. The van der Waals surface area contributed by atoms with Crippen molar-refractivity contribution in [3.05, 3.63) is 64.2 Å². The van der Waals surface area contributed by atoms with Gasteiger partial charge < -0.3 is 29.5 Å². The van der Waals surface area contributed by atoms with Crippen LogP contribution in [0, 0.1) is 0 Å². The fourth-order valence-corrected chi connectivity index (χ4v) is 4.15. The van der Waals surface area contributed by atoms with Gasteiger partial charge in [-0.15, -0.1) is 0 Å². The number of hydrogen-bond acceptors (Lipinski definition) is 6. The molecule has 0 bridgehead atoms. The van der Waals surface area contributed by atoms with Gasteiger partial charge in [0.2, 0.25) is 0 Å². The number of hydrogen-bond donors (Lipinski definition) is 3. The van der Waals surface area contributed by atoms with Gasteiger partial charge in [-0.1, -0.05) is 35.9 Å². The van der Waals surface area contributed by atoms with Gasteiger partial charge in [0.1, 0.15) is 36.3 Å². The maximum absolute atomic E-state index is 14.3.